The molecule has 2 unspecified atom stereocenters. The highest BCUT2D eigenvalue weighted by molar-refractivity contribution is 5.70. The van der Waals surface area contributed by atoms with E-state index in [4.69, 9.17) is 11.2 Å². The topological polar surface area (TPSA) is 49.8 Å². The zero-order valence-electron chi connectivity index (χ0n) is 14.6. The molecule has 4 heteroatoms. The molecule has 2 aliphatic rings. The van der Waals surface area contributed by atoms with Crippen LogP contribution in [-0.4, -0.2) is 33.8 Å². The van der Waals surface area contributed by atoms with Gasteiger partial charge >= 0.3 is 6.09 Å². The van der Waals surface area contributed by atoms with E-state index < -0.39 is 11.2 Å². The van der Waals surface area contributed by atoms with Crippen LogP contribution >= 0.6 is 0 Å². The SMILES string of the molecule is C#Cc1cccc(C2(O)CC3CCC(C2)N3C(=O)OC(C)(C)C)c1. The zero-order chi connectivity index (χ0) is 17.5. The number of carbonyl (C=O) groups is 1. The van der Waals surface area contributed by atoms with Crippen molar-refractivity contribution < 1.29 is 14.6 Å². The Bertz CT molecular complexity index is 669. The molecule has 2 saturated heterocycles. The summed E-state index contributed by atoms with van der Waals surface area (Å²) in [5.41, 5.74) is 0.171. The van der Waals surface area contributed by atoms with Crippen molar-refractivity contribution in [2.24, 2.45) is 0 Å². The molecule has 0 aliphatic carbocycles. The summed E-state index contributed by atoms with van der Waals surface area (Å²) in [5, 5.41) is 11.2. The first-order valence-corrected chi connectivity index (χ1v) is 8.53. The van der Waals surface area contributed by atoms with E-state index in [0.717, 1.165) is 24.0 Å². The molecule has 1 amide bonds. The Morgan fingerprint density at radius 3 is 2.50 bits per heavy atom. The Morgan fingerprint density at radius 1 is 1.33 bits per heavy atom. The van der Waals surface area contributed by atoms with Gasteiger partial charge in [-0.15, -0.1) is 6.42 Å². The van der Waals surface area contributed by atoms with Crippen molar-refractivity contribution in [2.45, 2.75) is 69.7 Å². The molecule has 1 aromatic carbocycles. The Hall–Kier alpha value is -1.99. The van der Waals surface area contributed by atoms with E-state index in [9.17, 15) is 9.90 Å². The van der Waals surface area contributed by atoms with Crippen LogP contribution in [0.5, 0.6) is 0 Å². The molecule has 1 aromatic rings. The van der Waals surface area contributed by atoms with E-state index in [-0.39, 0.29) is 18.2 Å². The molecule has 2 heterocycles. The van der Waals surface area contributed by atoms with Gasteiger partial charge in [0.2, 0.25) is 0 Å². The van der Waals surface area contributed by atoms with Gasteiger partial charge < -0.3 is 14.7 Å². The number of benzene rings is 1. The molecule has 3 rings (SSSR count). The van der Waals surface area contributed by atoms with Crippen molar-refractivity contribution in [3.8, 4) is 12.3 Å². The van der Waals surface area contributed by atoms with Crippen LogP contribution in [0.4, 0.5) is 4.79 Å². The van der Waals surface area contributed by atoms with E-state index in [1.165, 1.54) is 0 Å². The van der Waals surface area contributed by atoms with Gasteiger partial charge in [0.15, 0.2) is 0 Å². The minimum absolute atomic E-state index is 0.0121. The van der Waals surface area contributed by atoms with E-state index in [0.29, 0.717) is 12.8 Å². The Balaban J connectivity index is 1.82. The van der Waals surface area contributed by atoms with Crippen molar-refractivity contribution in [1.82, 2.24) is 4.90 Å². The maximum Gasteiger partial charge on any atom is 0.410 e. The second-order valence-electron chi connectivity index (χ2n) is 7.94. The standard InChI is InChI=1S/C20H25NO3/c1-5-14-7-6-8-15(11-14)20(23)12-16-9-10-17(13-20)21(16)18(22)24-19(2,3)4/h1,6-8,11,16-17,23H,9-10,12-13H2,2-4H3. The second kappa shape index (κ2) is 5.82. The highest BCUT2D eigenvalue weighted by Crippen LogP contribution is 2.46. The van der Waals surface area contributed by atoms with Gasteiger partial charge in [0, 0.05) is 30.5 Å². The monoisotopic (exact) mass is 327 g/mol. The molecule has 2 aliphatic heterocycles. The van der Waals surface area contributed by atoms with Crippen LogP contribution in [0.3, 0.4) is 0 Å². The quantitative estimate of drug-likeness (QED) is 0.804. The third kappa shape index (κ3) is 3.14. The van der Waals surface area contributed by atoms with Gasteiger partial charge in [0.05, 0.1) is 5.60 Å². The molecule has 2 atom stereocenters. The largest absolute Gasteiger partial charge is 0.444 e. The normalized spacial score (nSPS) is 29.2. The van der Waals surface area contributed by atoms with Crippen LogP contribution in [0.15, 0.2) is 24.3 Å². The molecule has 1 N–H and O–H groups in total. The van der Waals surface area contributed by atoms with E-state index in [1.54, 1.807) is 0 Å². The maximum absolute atomic E-state index is 12.5. The molecule has 0 aromatic heterocycles. The van der Waals surface area contributed by atoms with Gasteiger partial charge in [-0.25, -0.2) is 4.79 Å². The van der Waals surface area contributed by atoms with E-state index in [1.807, 2.05) is 49.9 Å². The van der Waals surface area contributed by atoms with E-state index >= 15 is 0 Å². The van der Waals surface area contributed by atoms with Gasteiger partial charge in [-0.1, -0.05) is 18.1 Å². The van der Waals surface area contributed by atoms with Gasteiger partial charge in [0.1, 0.15) is 5.60 Å². The Morgan fingerprint density at radius 2 is 1.96 bits per heavy atom. The third-order valence-corrected chi connectivity index (χ3v) is 4.94. The summed E-state index contributed by atoms with van der Waals surface area (Å²) in [5.74, 6) is 2.62. The van der Waals surface area contributed by atoms with Crippen LogP contribution in [0, 0.1) is 12.3 Å². The minimum Gasteiger partial charge on any atom is -0.444 e. The van der Waals surface area contributed by atoms with Gasteiger partial charge in [-0.05, 0) is 51.3 Å². The third-order valence-electron chi connectivity index (χ3n) is 4.94. The highest BCUT2D eigenvalue weighted by Gasteiger charge is 2.51. The van der Waals surface area contributed by atoms with Crippen molar-refractivity contribution in [2.75, 3.05) is 0 Å². The van der Waals surface area contributed by atoms with Crippen molar-refractivity contribution in [1.29, 1.82) is 0 Å². The fourth-order valence-electron chi connectivity index (χ4n) is 3.97. The maximum atomic E-state index is 12.5. The average Bonchev–Trinajstić information content (AvgIpc) is 2.78. The fraction of sp³-hybridized carbons (Fsp3) is 0.550. The number of nitrogens with zero attached hydrogens (tertiary/aromatic N) is 1. The fourth-order valence-corrected chi connectivity index (χ4v) is 3.97. The lowest BCUT2D eigenvalue weighted by Gasteiger charge is -2.44. The summed E-state index contributed by atoms with van der Waals surface area (Å²) >= 11 is 0. The molecule has 0 spiro atoms. The zero-order valence-corrected chi connectivity index (χ0v) is 14.6. The van der Waals surface area contributed by atoms with Crippen LogP contribution in [-0.2, 0) is 10.3 Å². The van der Waals surface area contributed by atoms with Crippen molar-refractivity contribution >= 4 is 6.09 Å². The summed E-state index contributed by atoms with van der Waals surface area (Å²) in [7, 11) is 0. The van der Waals surface area contributed by atoms with E-state index in [2.05, 4.69) is 5.92 Å². The highest BCUT2D eigenvalue weighted by atomic mass is 16.6. The number of hydrogen-bond donors (Lipinski definition) is 1. The van der Waals surface area contributed by atoms with Gasteiger partial charge in [-0.3, -0.25) is 0 Å². The van der Waals surface area contributed by atoms with Crippen LogP contribution in [0.1, 0.15) is 57.6 Å². The Kier molecular flexibility index (Phi) is 4.09. The van der Waals surface area contributed by atoms with Crippen LogP contribution in [0.2, 0.25) is 0 Å². The van der Waals surface area contributed by atoms with Crippen molar-refractivity contribution in [3.63, 3.8) is 0 Å². The molecule has 0 saturated carbocycles. The van der Waals surface area contributed by atoms with Gasteiger partial charge in [0.25, 0.3) is 0 Å². The number of aliphatic hydroxyl groups is 1. The number of fused-ring (bicyclic) bond motifs is 2. The first kappa shape index (κ1) is 16.9. The average molecular weight is 327 g/mol. The molecule has 24 heavy (non-hydrogen) atoms. The number of amides is 1. The van der Waals surface area contributed by atoms with Crippen molar-refractivity contribution in [3.05, 3.63) is 35.4 Å². The molecular weight excluding hydrogens is 302 g/mol. The second-order valence-corrected chi connectivity index (χ2v) is 7.94. The lowest BCUT2D eigenvalue weighted by atomic mass is 9.80. The minimum atomic E-state index is -0.933. The summed E-state index contributed by atoms with van der Waals surface area (Å²) in [6.45, 7) is 5.62. The predicted octanol–water partition coefficient (Wildman–Crippen LogP) is 3.42. The summed E-state index contributed by atoms with van der Waals surface area (Å²) < 4.78 is 5.55. The molecule has 4 nitrogen and oxygen atoms in total. The molecule has 2 fully saturated rings. The number of hydrogen-bond acceptors (Lipinski definition) is 3. The number of carbonyl (C=O) groups excluding carboxylic acids is 1. The summed E-state index contributed by atoms with van der Waals surface area (Å²) in [6, 6.07) is 7.56. The lowest BCUT2D eigenvalue weighted by Crippen LogP contribution is -2.53. The number of ether oxygens (including phenoxy) is 1. The van der Waals surface area contributed by atoms with Crippen LogP contribution < -0.4 is 0 Å². The molecule has 2 bridgehead atoms. The first-order chi connectivity index (χ1) is 11.2. The Labute approximate surface area is 143 Å². The lowest BCUT2D eigenvalue weighted by molar-refractivity contribution is -0.0624. The smallest absolute Gasteiger partial charge is 0.410 e. The molecular formula is C20H25NO3. The van der Waals surface area contributed by atoms with Gasteiger partial charge in [-0.2, -0.15) is 0 Å². The number of rotatable bonds is 1. The predicted molar refractivity (Wildman–Crippen MR) is 92.4 cm³/mol. The molecule has 0 radical (unpaired) electrons. The van der Waals surface area contributed by atoms with Crippen LogP contribution in [0.25, 0.3) is 0 Å². The number of piperidine rings is 1. The number of terminal acetylenes is 1. The molecule has 128 valence electrons. The summed E-state index contributed by atoms with van der Waals surface area (Å²) in [6.07, 6.45) is 8.07. The first-order valence-electron chi connectivity index (χ1n) is 8.53. The summed E-state index contributed by atoms with van der Waals surface area (Å²) in [4.78, 5) is 14.4.